The smallest absolute Gasteiger partial charge is 0.248 e. The van der Waals surface area contributed by atoms with Crippen LogP contribution in [0.25, 0.3) is 22.8 Å². The van der Waals surface area contributed by atoms with Gasteiger partial charge in [0.15, 0.2) is 0 Å². The Hall–Kier alpha value is -3.64. The van der Waals surface area contributed by atoms with Gasteiger partial charge in [0.2, 0.25) is 5.91 Å². The number of methoxy groups -OCH3 is 1. The average molecular weight is 419 g/mol. The summed E-state index contributed by atoms with van der Waals surface area (Å²) in [6, 6.07) is 18.5. The molecule has 4 rings (SSSR count). The summed E-state index contributed by atoms with van der Waals surface area (Å²) in [6.45, 7) is 1.92. The number of nitrogens with zero attached hydrogens (tertiary/aromatic N) is 3. The van der Waals surface area contributed by atoms with E-state index < -0.39 is 0 Å². The van der Waals surface area contributed by atoms with Gasteiger partial charge in [0.05, 0.1) is 12.8 Å². The highest BCUT2D eigenvalue weighted by Crippen LogP contribution is 2.23. The number of hydrogen-bond donors (Lipinski definition) is 1. The Labute approximate surface area is 178 Å². The average Bonchev–Trinajstić information content (AvgIpc) is 3.16. The van der Waals surface area contributed by atoms with Crippen molar-refractivity contribution < 1.29 is 9.53 Å². The molecule has 4 aromatic rings. The van der Waals surface area contributed by atoms with Crippen molar-refractivity contribution in [2.24, 2.45) is 0 Å². The van der Waals surface area contributed by atoms with Crippen LogP contribution in [0.5, 0.6) is 5.75 Å². The molecule has 6 nitrogen and oxygen atoms in total. The van der Waals surface area contributed by atoms with Crippen molar-refractivity contribution >= 4 is 40.3 Å². The first-order chi connectivity index (χ1) is 14.5. The summed E-state index contributed by atoms with van der Waals surface area (Å²) in [6.07, 6.45) is 3.25. The number of nitrogens with one attached hydrogen (secondary N) is 1. The van der Waals surface area contributed by atoms with E-state index >= 15 is 0 Å². The maximum Gasteiger partial charge on any atom is 0.248 e. The molecule has 0 spiro atoms. The highest BCUT2D eigenvalue weighted by molar-refractivity contribution is 6.30. The first-order valence-corrected chi connectivity index (χ1v) is 9.66. The summed E-state index contributed by atoms with van der Waals surface area (Å²) in [5.41, 5.74) is 4.73. The molecule has 0 atom stereocenters. The van der Waals surface area contributed by atoms with Crippen LogP contribution in [0, 0.1) is 6.92 Å². The lowest BCUT2D eigenvalue weighted by Crippen LogP contribution is -2.08. The van der Waals surface area contributed by atoms with Gasteiger partial charge in [0, 0.05) is 16.8 Å². The van der Waals surface area contributed by atoms with Crippen molar-refractivity contribution in [1.29, 1.82) is 0 Å². The summed E-state index contributed by atoms with van der Waals surface area (Å²) >= 11 is 5.94. The summed E-state index contributed by atoms with van der Waals surface area (Å²) < 4.78 is 5.14. The van der Waals surface area contributed by atoms with Gasteiger partial charge in [-0.05, 0) is 72.7 Å². The maximum atomic E-state index is 12.4. The predicted molar refractivity (Wildman–Crippen MR) is 119 cm³/mol. The molecule has 150 valence electrons. The standard InChI is InChI=1S/C23H19ClN4O2/c1-15-13-21-22(27-28(26-21)18-8-6-17(24)7-9-18)14-20(15)25-23(29)12-5-16-3-10-19(30-2)11-4-16/h3-14H,1-2H3,(H,25,29)/b12-5+. The molecule has 0 aliphatic rings. The lowest BCUT2D eigenvalue weighted by atomic mass is 10.1. The number of anilines is 1. The second-order valence-corrected chi connectivity index (χ2v) is 7.15. The maximum absolute atomic E-state index is 12.4. The van der Waals surface area contributed by atoms with E-state index in [-0.39, 0.29) is 5.91 Å². The number of aromatic nitrogens is 3. The fraction of sp³-hybridized carbons (Fsp3) is 0.0870. The van der Waals surface area contributed by atoms with Crippen LogP contribution in [0.15, 0.2) is 66.7 Å². The topological polar surface area (TPSA) is 69.0 Å². The zero-order valence-electron chi connectivity index (χ0n) is 16.5. The van der Waals surface area contributed by atoms with Crippen LogP contribution in [-0.4, -0.2) is 28.0 Å². The molecule has 0 fully saturated rings. The molecule has 1 amide bonds. The number of fused-ring (bicyclic) bond motifs is 1. The number of halogens is 1. The second kappa shape index (κ2) is 8.39. The van der Waals surface area contributed by atoms with Crippen LogP contribution in [0.4, 0.5) is 5.69 Å². The third-order valence-corrected chi connectivity index (χ3v) is 4.84. The minimum Gasteiger partial charge on any atom is -0.497 e. The SMILES string of the molecule is COc1ccc(/C=C/C(=O)Nc2cc3nn(-c4ccc(Cl)cc4)nc3cc2C)cc1. The van der Waals surface area contributed by atoms with Gasteiger partial charge in [-0.2, -0.15) is 4.80 Å². The molecule has 0 unspecified atom stereocenters. The Bertz CT molecular complexity index is 1230. The van der Waals surface area contributed by atoms with Gasteiger partial charge in [0.25, 0.3) is 0 Å². The van der Waals surface area contributed by atoms with Gasteiger partial charge in [-0.1, -0.05) is 23.7 Å². The van der Waals surface area contributed by atoms with Crippen molar-refractivity contribution in [2.45, 2.75) is 6.92 Å². The molecule has 3 aromatic carbocycles. The Morgan fingerprint density at radius 1 is 1.03 bits per heavy atom. The molecule has 1 heterocycles. The first-order valence-electron chi connectivity index (χ1n) is 9.28. The fourth-order valence-corrected chi connectivity index (χ4v) is 3.08. The highest BCUT2D eigenvalue weighted by Gasteiger charge is 2.10. The van der Waals surface area contributed by atoms with Gasteiger partial charge >= 0.3 is 0 Å². The largest absolute Gasteiger partial charge is 0.497 e. The molecule has 0 radical (unpaired) electrons. The molecular formula is C23H19ClN4O2. The van der Waals surface area contributed by atoms with E-state index in [0.717, 1.165) is 28.1 Å². The van der Waals surface area contributed by atoms with Crippen molar-refractivity contribution in [2.75, 3.05) is 12.4 Å². The number of aryl methyl sites for hydroxylation is 1. The minimum absolute atomic E-state index is 0.224. The van der Waals surface area contributed by atoms with Crippen LogP contribution >= 0.6 is 11.6 Å². The quantitative estimate of drug-likeness (QED) is 0.461. The minimum atomic E-state index is -0.224. The number of carbonyl (C=O) groups is 1. The molecule has 30 heavy (non-hydrogen) atoms. The Kier molecular flexibility index (Phi) is 5.50. The molecule has 1 N–H and O–H groups in total. The molecule has 0 aliphatic carbocycles. The lowest BCUT2D eigenvalue weighted by molar-refractivity contribution is -0.111. The zero-order chi connectivity index (χ0) is 21.1. The third kappa shape index (κ3) is 4.34. The van der Waals surface area contributed by atoms with Crippen LogP contribution in [0.1, 0.15) is 11.1 Å². The number of carbonyl (C=O) groups excluding carboxylic acids is 1. The van der Waals surface area contributed by atoms with Gasteiger partial charge < -0.3 is 10.1 Å². The third-order valence-electron chi connectivity index (χ3n) is 4.58. The van der Waals surface area contributed by atoms with Crippen LogP contribution in [0.3, 0.4) is 0 Å². The van der Waals surface area contributed by atoms with E-state index in [4.69, 9.17) is 16.3 Å². The van der Waals surface area contributed by atoms with E-state index in [9.17, 15) is 4.79 Å². The normalized spacial score (nSPS) is 11.2. The predicted octanol–water partition coefficient (Wildman–Crippen LogP) is 5.04. The van der Waals surface area contributed by atoms with Crippen molar-refractivity contribution in [3.05, 3.63) is 82.9 Å². The Morgan fingerprint density at radius 2 is 1.70 bits per heavy atom. The molecule has 0 aliphatic heterocycles. The van der Waals surface area contributed by atoms with Crippen molar-refractivity contribution in [3.8, 4) is 11.4 Å². The second-order valence-electron chi connectivity index (χ2n) is 6.72. The summed E-state index contributed by atoms with van der Waals surface area (Å²) in [5.74, 6) is 0.547. The summed E-state index contributed by atoms with van der Waals surface area (Å²) in [7, 11) is 1.62. The van der Waals surface area contributed by atoms with Gasteiger partial charge in [0.1, 0.15) is 16.8 Å². The number of amides is 1. The van der Waals surface area contributed by atoms with Gasteiger partial charge in [-0.15, -0.1) is 10.2 Å². The van der Waals surface area contributed by atoms with E-state index in [2.05, 4.69) is 15.5 Å². The molecule has 7 heteroatoms. The fourth-order valence-electron chi connectivity index (χ4n) is 2.95. The monoisotopic (exact) mass is 418 g/mol. The summed E-state index contributed by atoms with van der Waals surface area (Å²) in [5, 5.41) is 12.6. The molecular weight excluding hydrogens is 400 g/mol. The van der Waals surface area contributed by atoms with Crippen LogP contribution in [0.2, 0.25) is 5.02 Å². The lowest BCUT2D eigenvalue weighted by Gasteiger charge is -2.05. The Balaban J connectivity index is 1.53. The van der Waals surface area contributed by atoms with Crippen LogP contribution in [-0.2, 0) is 4.79 Å². The number of hydrogen-bond acceptors (Lipinski definition) is 4. The summed E-state index contributed by atoms with van der Waals surface area (Å²) in [4.78, 5) is 13.9. The number of benzene rings is 3. The van der Waals surface area contributed by atoms with Gasteiger partial charge in [-0.25, -0.2) is 0 Å². The Morgan fingerprint density at radius 3 is 2.37 bits per heavy atom. The molecule has 1 aromatic heterocycles. The molecule has 0 saturated carbocycles. The van der Waals surface area contributed by atoms with E-state index in [1.54, 1.807) is 30.1 Å². The van der Waals surface area contributed by atoms with E-state index in [1.165, 1.54) is 6.08 Å². The van der Waals surface area contributed by atoms with E-state index in [0.29, 0.717) is 16.2 Å². The number of rotatable bonds is 5. The van der Waals surface area contributed by atoms with E-state index in [1.807, 2.05) is 55.5 Å². The first kappa shape index (κ1) is 19.7. The van der Waals surface area contributed by atoms with Crippen LogP contribution < -0.4 is 10.1 Å². The van der Waals surface area contributed by atoms with Crippen molar-refractivity contribution in [3.63, 3.8) is 0 Å². The number of ether oxygens (including phenoxy) is 1. The molecule has 0 bridgehead atoms. The molecule has 0 saturated heterocycles. The van der Waals surface area contributed by atoms with Crippen molar-refractivity contribution in [1.82, 2.24) is 15.0 Å². The zero-order valence-corrected chi connectivity index (χ0v) is 17.2. The highest BCUT2D eigenvalue weighted by atomic mass is 35.5. The van der Waals surface area contributed by atoms with Gasteiger partial charge in [-0.3, -0.25) is 4.79 Å².